The molecule has 0 bridgehead atoms. The minimum atomic E-state index is -2.61. The Morgan fingerprint density at radius 1 is 1.15 bits per heavy atom. The maximum Gasteiger partial charge on any atom is 0.267 e. The van der Waals surface area contributed by atoms with Gasteiger partial charge in [0.2, 0.25) is 5.88 Å². The number of alkyl halides is 2. The summed E-state index contributed by atoms with van der Waals surface area (Å²) in [5.41, 5.74) is 3.68. The molecular formula is C23H30F2N4O4. The first-order chi connectivity index (χ1) is 16.0. The molecule has 0 atom stereocenters. The molecule has 8 nitrogen and oxygen atoms in total. The summed E-state index contributed by atoms with van der Waals surface area (Å²) in [5.74, 6) is 0.511. The number of nitrogens with one attached hydrogen (secondary N) is 1. The second-order valence-corrected chi connectivity index (χ2v) is 7.19. The molecule has 2 N–H and O–H groups in total. The van der Waals surface area contributed by atoms with E-state index < -0.39 is 6.43 Å². The minimum absolute atomic E-state index is 0. The fourth-order valence-corrected chi connectivity index (χ4v) is 3.76. The summed E-state index contributed by atoms with van der Waals surface area (Å²) in [6.07, 6.45) is 0.404. The molecule has 10 heteroatoms. The average Bonchev–Trinajstić information content (AvgIpc) is 2.84. The van der Waals surface area contributed by atoms with Crippen LogP contribution < -0.4 is 15.0 Å². The quantitative estimate of drug-likeness (QED) is 0.395. The molecule has 0 amide bonds. The van der Waals surface area contributed by atoms with Crippen LogP contribution in [0.5, 0.6) is 5.88 Å². The van der Waals surface area contributed by atoms with Crippen molar-refractivity contribution in [3.05, 3.63) is 42.2 Å². The number of anilines is 2. The third-order valence-electron chi connectivity index (χ3n) is 5.18. The molecule has 1 aromatic carbocycles. The molecule has 2 aromatic heterocycles. The van der Waals surface area contributed by atoms with Crippen LogP contribution in [0.15, 0.2) is 36.7 Å². The van der Waals surface area contributed by atoms with Crippen molar-refractivity contribution in [3.8, 4) is 17.0 Å². The fourth-order valence-electron chi connectivity index (χ4n) is 3.76. The predicted molar refractivity (Wildman–Crippen MR) is 125 cm³/mol. The van der Waals surface area contributed by atoms with Crippen molar-refractivity contribution in [1.29, 1.82) is 0 Å². The Balaban J connectivity index is 0.000000970. The first-order valence-corrected chi connectivity index (χ1v) is 10.5. The summed E-state index contributed by atoms with van der Waals surface area (Å²) >= 11 is 0. The van der Waals surface area contributed by atoms with Crippen LogP contribution in [0, 0.1) is 0 Å². The van der Waals surface area contributed by atoms with Crippen LogP contribution >= 0.6 is 0 Å². The van der Waals surface area contributed by atoms with Gasteiger partial charge in [-0.05, 0) is 30.7 Å². The number of methoxy groups -OCH3 is 1. The Morgan fingerprint density at radius 3 is 2.52 bits per heavy atom. The zero-order chi connectivity index (χ0) is 23.8. The minimum Gasteiger partial charge on any atom is -0.480 e. The third kappa shape index (κ3) is 5.65. The molecule has 1 saturated heterocycles. The van der Waals surface area contributed by atoms with Crippen molar-refractivity contribution in [1.82, 2.24) is 9.97 Å². The summed E-state index contributed by atoms with van der Waals surface area (Å²) in [4.78, 5) is 13.9. The highest BCUT2D eigenvalue weighted by molar-refractivity contribution is 5.96. The average molecular weight is 465 g/mol. The molecule has 1 aliphatic rings. The standard InChI is InChI=1S/C22H24F2N4O2.CH4O2.H2/c1-3-25-19-11-15(12-27-22(19)29-2)14-4-5-18-16(10-14)20(17(13-26-18)21(23)24)28-6-8-30-9-7-28;1-3-2;/h4-5,10-13,21,25H,3,6-9H2,1-2H3;2H,1H3;1H. The number of pyridine rings is 2. The van der Waals surface area contributed by atoms with Gasteiger partial charge in [-0.1, -0.05) is 6.07 Å². The van der Waals surface area contributed by atoms with Crippen LogP contribution in [-0.2, 0) is 9.62 Å². The van der Waals surface area contributed by atoms with Crippen LogP contribution in [0.4, 0.5) is 20.2 Å². The normalized spacial score (nSPS) is 13.6. The van der Waals surface area contributed by atoms with Gasteiger partial charge in [-0.25, -0.2) is 18.7 Å². The molecule has 3 heterocycles. The number of aromatic nitrogens is 2. The molecular weight excluding hydrogens is 434 g/mol. The molecule has 3 aromatic rings. The van der Waals surface area contributed by atoms with E-state index in [9.17, 15) is 8.78 Å². The zero-order valence-electron chi connectivity index (χ0n) is 18.8. The van der Waals surface area contributed by atoms with Gasteiger partial charge in [0.15, 0.2) is 0 Å². The molecule has 0 aliphatic carbocycles. The molecule has 4 rings (SSSR count). The number of benzene rings is 1. The summed E-state index contributed by atoms with van der Waals surface area (Å²) < 4.78 is 38.4. The van der Waals surface area contributed by atoms with Gasteiger partial charge < -0.3 is 19.7 Å². The second-order valence-electron chi connectivity index (χ2n) is 7.19. The van der Waals surface area contributed by atoms with E-state index in [1.807, 2.05) is 36.1 Å². The van der Waals surface area contributed by atoms with Crippen LogP contribution in [0.2, 0.25) is 0 Å². The van der Waals surface area contributed by atoms with Gasteiger partial charge in [0, 0.05) is 44.4 Å². The van der Waals surface area contributed by atoms with Crippen molar-refractivity contribution >= 4 is 22.3 Å². The molecule has 1 fully saturated rings. The molecule has 0 saturated carbocycles. The van der Waals surface area contributed by atoms with Gasteiger partial charge in [0.05, 0.1) is 49.9 Å². The van der Waals surface area contributed by atoms with E-state index in [1.165, 1.54) is 13.3 Å². The van der Waals surface area contributed by atoms with E-state index >= 15 is 0 Å². The van der Waals surface area contributed by atoms with Gasteiger partial charge in [0.25, 0.3) is 6.43 Å². The zero-order valence-corrected chi connectivity index (χ0v) is 18.8. The number of hydrogen-bond donors (Lipinski definition) is 2. The highest BCUT2D eigenvalue weighted by atomic mass is 19.3. The number of ether oxygens (including phenoxy) is 2. The lowest BCUT2D eigenvalue weighted by Gasteiger charge is -2.31. The number of fused-ring (bicyclic) bond motifs is 1. The van der Waals surface area contributed by atoms with Crippen molar-refractivity contribution in [2.24, 2.45) is 0 Å². The molecule has 1 aliphatic heterocycles. The Hall–Kier alpha value is -3.08. The van der Waals surface area contributed by atoms with Gasteiger partial charge in [0.1, 0.15) is 0 Å². The van der Waals surface area contributed by atoms with E-state index in [-0.39, 0.29) is 6.99 Å². The Bertz CT molecular complexity index is 1070. The lowest BCUT2D eigenvalue weighted by Crippen LogP contribution is -2.37. The Labute approximate surface area is 192 Å². The van der Waals surface area contributed by atoms with E-state index in [1.54, 1.807) is 13.3 Å². The number of halogens is 2. The Morgan fingerprint density at radius 2 is 1.88 bits per heavy atom. The first-order valence-electron chi connectivity index (χ1n) is 10.5. The fraction of sp³-hybridized carbons (Fsp3) is 0.391. The SMILES string of the molecule is CCNc1cc(-c2ccc3ncc(C(F)F)c(N4CCOCC4)c3c2)cnc1OC.COO.[HH]. The lowest BCUT2D eigenvalue weighted by atomic mass is 10.0. The number of nitrogens with zero attached hydrogens (tertiary/aromatic N) is 3. The second kappa shape index (κ2) is 11.7. The molecule has 0 radical (unpaired) electrons. The third-order valence-corrected chi connectivity index (χ3v) is 5.18. The molecule has 0 spiro atoms. The molecule has 180 valence electrons. The number of rotatable bonds is 6. The smallest absolute Gasteiger partial charge is 0.267 e. The van der Waals surface area contributed by atoms with Crippen LogP contribution in [0.3, 0.4) is 0 Å². The molecule has 33 heavy (non-hydrogen) atoms. The van der Waals surface area contributed by atoms with Crippen molar-refractivity contribution in [2.45, 2.75) is 13.3 Å². The summed E-state index contributed by atoms with van der Waals surface area (Å²) in [6, 6.07) is 7.66. The van der Waals surface area contributed by atoms with Crippen LogP contribution in [-0.4, -0.2) is 62.3 Å². The van der Waals surface area contributed by atoms with Gasteiger partial charge >= 0.3 is 0 Å². The number of hydrogen-bond acceptors (Lipinski definition) is 8. The van der Waals surface area contributed by atoms with Crippen molar-refractivity contribution in [3.63, 3.8) is 0 Å². The van der Waals surface area contributed by atoms with Gasteiger partial charge in [-0.3, -0.25) is 10.2 Å². The summed E-state index contributed by atoms with van der Waals surface area (Å²) in [6.45, 7) is 4.88. The number of morpholine rings is 1. The molecule has 0 unspecified atom stereocenters. The lowest BCUT2D eigenvalue weighted by molar-refractivity contribution is -0.214. The monoisotopic (exact) mass is 464 g/mol. The Kier molecular flexibility index (Phi) is 8.70. The van der Waals surface area contributed by atoms with Crippen LogP contribution in [0.25, 0.3) is 22.0 Å². The first kappa shape index (κ1) is 24.6. The largest absolute Gasteiger partial charge is 0.480 e. The highest BCUT2D eigenvalue weighted by Gasteiger charge is 2.23. The topological polar surface area (TPSA) is 89.0 Å². The predicted octanol–water partition coefficient (Wildman–Crippen LogP) is 4.86. The van der Waals surface area contributed by atoms with Crippen LogP contribution in [0.1, 0.15) is 20.3 Å². The maximum atomic E-state index is 13.8. The van der Waals surface area contributed by atoms with Gasteiger partial charge in [-0.2, -0.15) is 0 Å². The highest BCUT2D eigenvalue weighted by Crippen LogP contribution is 2.38. The van der Waals surface area contributed by atoms with Crippen molar-refractivity contribution in [2.75, 3.05) is 57.3 Å². The van der Waals surface area contributed by atoms with Crippen molar-refractivity contribution < 1.29 is 29.8 Å². The van der Waals surface area contributed by atoms with E-state index in [2.05, 4.69) is 20.2 Å². The van der Waals surface area contributed by atoms with E-state index in [0.29, 0.717) is 48.8 Å². The summed E-state index contributed by atoms with van der Waals surface area (Å²) in [7, 11) is 2.75. The summed E-state index contributed by atoms with van der Waals surface area (Å²) in [5, 5.41) is 11.0. The van der Waals surface area contributed by atoms with Gasteiger partial charge in [-0.15, -0.1) is 0 Å². The van der Waals surface area contributed by atoms with E-state index in [0.717, 1.165) is 23.4 Å². The van der Waals surface area contributed by atoms with E-state index in [4.69, 9.17) is 14.7 Å². The maximum absolute atomic E-state index is 13.8.